The topological polar surface area (TPSA) is 30.7 Å². The summed E-state index contributed by atoms with van der Waals surface area (Å²) in [5, 5.41) is 1.06. The fourth-order valence-electron chi connectivity index (χ4n) is 2.09. The molecule has 0 spiro atoms. The summed E-state index contributed by atoms with van der Waals surface area (Å²) in [6.45, 7) is 2.08. The van der Waals surface area contributed by atoms with Gasteiger partial charge < -0.3 is 4.57 Å². The lowest BCUT2D eigenvalue weighted by molar-refractivity contribution is 0.942. The minimum atomic E-state index is 0.937. The molecule has 0 aliphatic heterocycles. The van der Waals surface area contributed by atoms with Gasteiger partial charge >= 0.3 is 0 Å². The van der Waals surface area contributed by atoms with Crippen LogP contribution < -0.4 is 0 Å². The minimum Gasteiger partial charge on any atom is -0.334 e. The van der Waals surface area contributed by atoms with Crippen LogP contribution in [0.15, 0.2) is 41.3 Å². The Morgan fingerprint density at radius 1 is 1.11 bits per heavy atom. The fourth-order valence-corrected chi connectivity index (χ4v) is 2.76. The fraction of sp³-hybridized carbons (Fsp3) is 0.143. The predicted molar refractivity (Wildman–Crippen MR) is 76.4 cm³/mol. The molecule has 0 amide bonds. The maximum absolute atomic E-state index is 4.43. The molecule has 3 aromatic rings. The average molecular weight is 302 g/mol. The molecule has 4 heteroatoms. The van der Waals surface area contributed by atoms with Crippen molar-refractivity contribution in [2.75, 3.05) is 0 Å². The van der Waals surface area contributed by atoms with Crippen molar-refractivity contribution in [2.24, 2.45) is 7.05 Å². The van der Waals surface area contributed by atoms with Crippen molar-refractivity contribution >= 4 is 27.0 Å². The number of rotatable bonds is 1. The van der Waals surface area contributed by atoms with E-state index >= 15 is 0 Å². The lowest BCUT2D eigenvalue weighted by atomic mass is 10.1. The molecule has 3 nitrogen and oxygen atoms in total. The number of aryl methyl sites for hydroxylation is 2. The summed E-state index contributed by atoms with van der Waals surface area (Å²) in [6.07, 6.45) is 3.63. The second-order valence-corrected chi connectivity index (χ2v) is 5.23. The number of halogens is 1. The van der Waals surface area contributed by atoms with Gasteiger partial charge in [-0.2, -0.15) is 0 Å². The standard InChI is InChI=1S/C14H12BrN3/c1-9-3-5-10(6-4-9)13-12-11(15)7-18(2)14(12)17-8-16-13/h3-8H,1-2H3. The van der Waals surface area contributed by atoms with E-state index < -0.39 is 0 Å². The van der Waals surface area contributed by atoms with E-state index in [-0.39, 0.29) is 0 Å². The third kappa shape index (κ3) is 1.73. The van der Waals surface area contributed by atoms with Gasteiger partial charge in [-0.25, -0.2) is 9.97 Å². The number of fused-ring (bicyclic) bond motifs is 1. The average Bonchev–Trinajstić information content (AvgIpc) is 2.66. The molecule has 0 saturated carbocycles. The first kappa shape index (κ1) is 11.4. The molecule has 0 saturated heterocycles. The van der Waals surface area contributed by atoms with E-state index in [0.29, 0.717) is 0 Å². The molecule has 90 valence electrons. The Bertz CT molecular complexity index is 714. The smallest absolute Gasteiger partial charge is 0.144 e. The van der Waals surface area contributed by atoms with E-state index in [9.17, 15) is 0 Å². The normalized spacial score (nSPS) is 11.1. The van der Waals surface area contributed by atoms with E-state index in [0.717, 1.165) is 26.8 Å². The zero-order valence-electron chi connectivity index (χ0n) is 10.2. The van der Waals surface area contributed by atoms with E-state index in [4.69, 9.17) is 0 Å². The molecule has 0 aliphatic rings. The Hall–Kier alpha value is -1.68. The van der Waals surface area contributed by atoms with Gasteiger partial charge in [0.1, 0.15) is 12.0 Å². The second-order valence-electron chi connectivity index (χ2n) is 4.37. The van der Waals surface area contributed by atoms with Crippen molar-refractivity contribution in [1.29, 1.82) is 0 Å². The van der Waals surface area contributed by atoms with Gasteiger partial charge in [0.2, 0.25) is 0 Å². The summed E-state index contributed by atoms with van der Waals surface area (Å²) in [7, 11) is 1.99. The molecule has 0 unspecified atom stereocenters. The number of nitrogens with zero attached hydrogens (tertiary/aromatic N) is 3. The highest BCUT2D eigenvalue weighted by Gasteiger charge is 2.12. The van der Waals surface area contributed by atoms with Crippen LogP contribution in [-0.2, 0) is 7.05 Å². The molecule has 3 rings (SSSR count). The molecular formula is C14H12BrN3. The summed E-state index contributed by atoms with van der Waals surface area (Å²) in [4.78, 5) is 8.75. The summed E-state index contributed by atoms with van der Waals surface area (Å²) in [5.41, 5.74) is 4.26. The largest absolute Gasteiger partial charge is 0.334 e. The van der Waals surface area contributed by atoms with Gasteiger partial charge in [0.15, 0.2) is 0 Å². The quantitative estimate of drug-likeness (QED) is 0.686. The van der Waals surface area contributed by atoms with E-state index in [2.05, 4.69) is 57.1 Å². The third-order valence-electron chi connectivity index (χ3n) is 3.03. The summed E-state index contributed by atoms with van der Waals surface area (Å²) < 4.78 is 3.02. The van der Waals surface area contributed by atoms with Crippen LogP contribution in [0, 0.1) is 6.92 Å². The van der Waals surface area contributed by atoms with Crippen molar-refractivity contribution in [1.82, 2.24) is 14.5 Å². The molecule has 0 bridgehead atoms. The van der Waals surface area contributed by atoms with Gasteiger partial charge in [-0.05, 0) is 22.9 Å². The van der Waals surface area contributed by atoms with Crippen molar-refractivity contribution in [2.45, 2.75) is 6.92 Å². The molecular weight excluding hydrogens is 290 g/mol. The van der Waals surface area contributed by atoms with Crippen LogP contribution in [0.4, 0.5) is 0 Å². The van der Waals surface area contributed by atoms with Crippen LogP contribution in [0.5, 0.6) is 0 Å². The molecule has 0 N–H and O–H groups in total. The summed E-state index contributed by atoms with van der Waals surface area (Å²) in [6, 6.07) is 8.38. The summed E-state index contributed by atoms with van der Waals surface area (Å²) in [5.74, 6) is 0. The van der Waals surface area contributed by atoms with Gasteiger partial charge in [-0.3, -0.25) is 0 Å². The maximum Gasteiger partial charge on any atom is 0.144 e. The van der Waals surface area contributed by atoms with Gasteiger partial charge in [0.25, 0.3) is 0 Å². The number of benzene rings is 1. The highest BCUT2D eigenvalue weighted by Crippen LogP contribution is 2.32. The maximum atomic E-state index is 4.43. The van der Waals surface area contributed by atoms with E-state index in [1.165, 1.54) is 5.56 Å². The Labute approximate surface area is 114 Å². The number of hydrogen-bond donors (Lipinski definition) is 0. The zero-order chi connectivity index (χ0) is 12.7. The highest BCUT2D eigenvalue weighted by molar-refractivity contribution is 9.10. The Kier molecular flexibility index (Phi) is 2.67. The third-order valence-corrected chi connectivity index (χ3v) is 3.63. The van der Waals surface area contributed by atoms with Crippen molar-refractivity contribution in [3.63, 3.8) is 0 Å². The first-order valence-corrected chi connectivity index (χ1v) is 6.48. The predicted octanol–water partition coefficient (Wildman–Crippen LogP) is 3.71. The summed E-state index contributed by atoms with van der Waals surface area (Å²) >= 11 is 3.58. The van der Waals surface area contributed by atoms with Crippen molar-refractivity contribution in [3.8, 4) is 11.3 Å². The molecule has 2 aromatic heterocycles. The lowest BCUT2D eigenvalue weighted by Gasteiger charge is -2.04. The molecule has 0 atom stereocenters. The van der Waals surface area contributed by atoms with Gasteiger partial charge in [0.05, 0.1) is 11.1 Å². The molecule has 1 aromatic carbocycles. The van der Waals surface area contributed by atoms with Crippen LogP contribution in [0.1, 0.15) is 5.56 Å². The van der Waals surface area contributed by atoms with Crippen LogP contribution in [0.2, 0.25) is 0 Å². The number of aromatic nitrogens is 3. The SMILES string of the molecule is Cc1ccc(-c2ncnc3c2c(Br)cn3C)cc1. The first-order chi connectivity index (χ1) is 8.66. The molecule has 2 heterocycles. The van der Waals surface area contributed by atoms with Gasteiger partial charge in [0, 0.05) is 23.3 Å². The molecule has 0 radical (unpaired) electrons. The van der Waals surface area contributed by atoms with Crippen LogP contribution >= 0.6 is 15.9 Å². The van der Waals surface area contributed by atoms with Crippen LogP contribution in [-0.4, -0.2) is 14.5 Å². The van der Waals surface area contributed by atoms with E-state index in [1.54, 1.807) is 6.33 Å². The van der Waals surface area contributed by atoms with Crippen LogP contribution in [0.3, 0.4) is 0 Å². The Balaban J connectivity index is 2.32. The lowest BCUT2D eigenvalue weighted by Crippen LogP contribution is -1.91. The minimum absolute atomic E-state index is 0.937. The van der Waals surface area contributed by atoms with E-state index in [1.807, 2.05) is 17.8 Å². The number of hydrogen-bond acceptors (Lipinski definition) is 2. The zero-order valence-corrected chi connectivity index (χ0v) is 11.8. The highest BCUT2D eigenvalue weighted by atomic mass is 79.9. The second kappa shape index (κ2) is 4.21. The first-order valence-electron chi connectivity index (χ1n) is 5.69. The Morgan fingerprint density at radius 3 is 2.56 bits per heavy atom. The Morgan fingerprint density at radius 2 is 1.83 bits per heavy atom. The van der Waals surface area contributed by atoms with Gasteiger partial charge in [-0.15, -0.1) is 0 Å². The monoisotopic (exact) mass is 301 g/mol. The van der Waals surface area contributed by atoms with Gasteiger partial charge in [-0.1, -0.05) is 29.8 Å². The van der Waals surface area contributed by atoms with Crippen molar-refractivity contribution in [3.05, 3.63) is 46.8 Å². The molecule has 0 aliphatic carbocycles. The van der Waals surface area contributed by atoms with Crippen LogP contribution in [0.25, 0.3) is 22.3 Å². The molecule has 18 heavy (non-hydrogen) atoms. The van der Waals surface area contributed by atoms with Crippen molar-refractivity contribution < 1.29 is 0 Å². The molecule has 0 fully saturated rings.